The Bertz CT molecular complexity index is 326. The second kappa shape index (κ2) is 6.12. The fourth-order valence-electron chi connectivity index (χ4n) is 1.65. The molecule has 0 aliphatic carbocycles. The van der Waals surface area contributed by atoms with Gasteiger partial charge in [-0.2, -0.15) is 0 Å². The lowest BCUT2D eigenvalue weighted by Gasteiger charge is -2.35. The van der Waals surface area contributed by atoms with Crippen molar-refractivity contribution in [3.63, 3.8) is 0 Å². The van der Waals surface area contributed by atoms with Crippen molar-refractivity contribution in [1.82, 2.24) is 5.43 Å². The summed E-state index contributed by atoms with van der Waals surface area (Å²) >= 11 is 5.19. The minimum Gasteiger partial charge on any atom is -0.377 e. The summed E-state index contributed by atoms with van der Waals surface area (Å²) in [5.41, 5.74) is 2.64. The molecule has 2 unspecified atom stereocenters. The lowest BCUT2D eigenvalue weighted by atomic mass is 9.91. The molecule has 1 aromatic rings. The van der Waals surface area contributed by atoms with E-state index in [2.05, 4.69) is 46.6 Å². The van der Waals surface area contributed by atoms with Gasteiger partial charge < -0.3 is 4.74 Å². The van der Waals surface area contributed by atoms with Crippen LogP contribution in [0.3, 0.4) is 0 Å². The Balaban J connectivity index is 2.75. The molecule has 0 saturated carbocycles. The largest absolute Gasteiger partial charge is 0.377 e. The highest BCUT2D eigenvalue weighted by Crippen LogP contribution is 2.26. The summed E-state index contributed by atoms with van der Waals surface area (Å²) < 4.78 is 6.69. The molecular formula is C11H19BrN2OS. The molecule has 0 aliphatic heterocycles. The summed E-state index contributed by atoms with van der Waals surface area (Å²) in [6.45, 7) is 4.19. The van der Waals surface area contributed by atoms with Crippen LogP contribution in [-0.2, 0) is 11.2 Å². The number of ether oxygens (including phenoxy) is 1. The summed E-state index contributed by atoms with van der Waals surface area (Å²) in [7, 11) is 1.73. The van der Waals surface area contributed by atoms with E-state index in [0.717, 1.165) is 17.3 Å². The first-order valence-electron chi connectivity index (χ1n) is 5.30. The lowest BCUT2D eigenvalue weighted by Crippen LogP contribution is -2.53. The average Bonchev–Trinajstić information content (AvgIpc) is 2.70. The summed E-state index contributed by atoms with van der Waals surface area (Å²) in [6.07, 6.45) is 1.80. The minimum absolute atomic E-state index is 0.119. The van der Waals surface area contributed by atoms with Gasteiger partial charge in [0, 0.05) is 28.3 Å². The summed E-state index contributed by atoms with van der Waals surface area (Å²) in [5, 5.41) is 2.08. The Kier molecular flexibility index (Phi) is 5.40. The first-order chi connectivity index (χ1) is 7.55. The molecule has 0 saturated heterocycles. The molecule has 0 aromatic carbocycles. The van der Waals surface area contributed by atoms with E-state index in [9.17, 15) is 0 Å². The molecule has 1 aromatic heterocycles. The van der Waals surface area contributed by atoms with E-state index in [-0.39, 0.29) is 11.6 Å². The van der Waals surface area contributed by atoms with E-state index < -0.39 is 0 Å². The molecule has 3 nitrogen and oxygen atoms in total. The molecule has 0 bridgehead atoms. The van der Waals surface area contributed by atoms with Gasteiger partial charge in [0.2, 0.25) is 0 Å². The van der Waals surface area contributed by atoms with Crippen LogP contribution in [0.25, 0.3) is 0 Å². The monoisotopic (exact) mass is 306 g/mol. The normalized spacial score (nSPS) is 17.1. The summed E-state index contributed by atoms with van der Waals surface area (Å²) in [6, 6.07) is 2.24. The fraction of sp³-hybridized carbons (Fsp3) is 0.636. The van der Waals surface area contributed by atoms with E-state index in [4.69, 9.17) is 10.6 Å². The topological polar surface area (TPSA) is 47.3 Å². The molecule has 0 spiro atoms. The Morgan fingerprint density at radius 3 is 2.75 bits per heavy atom. The van der Waals surface area contributed by atoms with E-state index in [1.807, 2.05) is 0 Å². The lowest BCUT2D eigenvalue weighted by molar-refractivity contribution is -0.0286. The van der Waals surface area contributed by atoms with Gasteiger partial charge in [0.05, 0.1) is 11.6 Å². The van der Waals surface area contributed by atoms with Crippen molar-refractivity contribution in [1.29, 1.82) is 0 Å². The molecule has 0 amide bonds. The third-order valence-electron chi connectivity index (χ3n) is 3.13. The number of nitrogens with one attached hydrogen (secondary N) is 1. The van der Waals surface area contributed by atoms with Crippen LogP contribution in [-0.4, -0.2) is 18.8 Å². The molecular weight excluding hydrogens is 288 g/mol. The zero-order valence-electron chi connectivity index (χ0n) is 9.92. The molecule has 0 fully saturated rings. The van der Waals surface area contributed by atoms with Crippen LogP contribution in [0.1, 0.15) is 25.1 Å². The van der Waals surface area contributed by atoms with Gasteiger partial charge in [-0.05, 0) is 35.3 Å². The summed E-state index contributed by atoms with van der Waals surface area (Å²) in [4.78, 5) is 1.30. The van der Waals surface area contributed by atoms with Crippen molar-refractivity contribution < 1.29 is 4.74 Å². The van der Waals surface area contributed by atoms with Crippen LogP contribution >= 0.6 is 27.3 Å². The quantitative estimate of drug-likeness (QED) is 0.627. The van der Waals surface area contributed by atoms with Gasteiger partial charge in [0.1, 0.15) is 0 Å². The van der Waals surface area contributed by atoms with Gasteiger partial charge in [-0.25, -0.2) is 0 Å². The minimum atomic E-state index is -0.231. The highest BCUT2D eigenvalue weighted by Gasteiger charge is 2.32. The second-order valence-electron chi connectivity index (χ2n) is 4.02. The van der Waals surface area contributed by atoms with Crippen molar-refractivity contribution in [2.45, 2.75) is 38.3 Å². The highest BCUT2D eigenvalue weighted by molar-refractivity contribution is 9.10. The van der Waals surface area contributed by atoms with Gasteiger partial charge >= 0.3 is 0 Å². The molecule has 1 heterocycles. The molecule has 2 atom stereocenters. The average molecular weight is 307 g/mol. The van der Waals surface area contributed by atoms with Gasteiger partial charge in [-0.15, -0.1) is 11.3 Å². The van der Waals surface area contributed by atoms with E-state index >= 15 is 0 Å². The number of methoxy groups -OCH3 is 1. The number of hydrogen-bond donors (Lipinski definition) is 2. The van der Waals surface area contributed by atoms with Gasteiger partial charge in [0.15, 0.2) is 0 Å². The maximum absolute atomic E-state index is 5.63. The van der Waals surface area contributed by atoms with E-state index in [0.29, 0.717) is 0 Å². The third kappa shape index (κ3) is 3.28. The number of hydrazine groups is 1. The SMILES string of the molecule is CCC(C)(OC)C(Cc1cc(Br)cs1)NN. The number of thiophene rings is 1. The zero-order valence-corrected chi connectivity index (χ0v) is 12.3. The molecule has 5 heteroatoms. The van der Waals surface area contributed by atoms with Crippen LogP contribution in [0.2, 0.25) is 0 Å². The number of nitrogens with two attached hydrogens (primary N) is 1. The smallest absolute Gasteiger partial charge is 0.0817 e. The van der Waals surface area contributed by atoms with Crippen molar-refractivity contribution in [3.8, 4) is 0 Å². The number of rotatable bonds is 6. The van der Waals surface area contributed by atoms with Crippen LogP contribution in [0.4, 0.5) is 0 Å². The van der Waals surface area contributed by atoms with Gasteiger partial charge in [0.25, 0.3) is 0 Å². The zero-order chi connectivity index (χ0) is 12.2. The number of hydrogen-bond acceptors (Lipinski definition) is 4. The Labute approximate surface area is 109 Å². The number of halogens is 1. The molecule has 92 valence electrons. The van der Waals surface area contributed by atoms with Crippen LogP contribution in [0.5, 0.6) is 0 Å². The van der Waals surface area contributed by atoms with Crippen LogP contribution in [0, 0.1) is 0 Å². The Morgan fingerprint density at radius 1 is 1.69 bits per heavy atom. The molecule has 3 N–H and O–H groups in total. The molecule has 0 aliphatic rings. The fourth-order valence-corrected chi connectivity index (χ4v) is 3.14. The van der Waals surface area contributed by atoms with Crippen molar-refractivity contribution >= 4 is 27.3 Å². The molecule has 16 heavy (non-hydrogen) atoms. The second-order valence-corrected chi connectivity index (χ2v) is 5.94. The van der Waals surface area contributed by atoms with Crippen LogP contribution < -0.4 is 11.3 Å². The third-order valence-corrected chi connectivity index (χ3v) is 4.85. The molecule has 1 rings (SSSR count). The van der Waals surface area contributed by atoms with Crippen molar-refractivity contribution in [2.75, 3.05) is 7.11 Å². The van der Waals surface area contributed by atoms with Crippen molar-refractivity contribution in [3.05, 3.63) is 20.8 Å². The van der Waals surface area contributed by atoms with Gasteiger partial charge in [-0.1, -0.05) is 6.92 Å². The predicted octanol–water partition coefficient (Wildman–Crippen LogP) is 2.70. The van der Waals surface area contributed by atoms with Crippen molar-refractivity contribution in [2.24, 2.45) is 5.84 Å². The Hall–Kier alpha value is 0.0600. The van der Waals surface area contributed by atoms with Gasteiger partial charge in [-0.3, -0.25) is 11.3 Å². The first-order valence-corrected chi connectivity index (χ1v) is 6.97. The summed E-state index contributed by atoms with van der Waals surface area (Å²) in [5.74, 6) is 5.63. The maximum Gasteiger partial charge on any atom is 0.0817 e. The van der Waals surface area contributed by atoms with E-state index in [1.165, 1.54) is 4.88 Å². The van der Waals surface area contributed by atoms with E-state index in [1.54, 1.807) is 18.4 Å². The van der Waals surface area contributed by atoms with Crippen LogP contribution in [0.15, 0.2) is 15.9 Å². The maximum atomic E-state index is 5.63. The highest BCUT2D eigenvalue weighted by atomic mass is 79.9. The first kappa shape index (κ1) is 14.1. The standard InChI is InChI=1S/C11H19BrN2OS/c1-4-11(2,15-3)10(14-13)6-9-5-8(12)7-16-9/h5,7,10,14H,4,6,13H2,1-3H3. The molecule has 0 radical (unpaired) electrons. The predicted molar refractivity (Wildman–Crippen MR) is 72.5 cm³/mol. The Morgan fingerprint density at radius 2 is 2.38 bits per heavy atom.